The zero-order chi connectivity index (χ0) is 12.9. The van der Waals surface area contributed by atoms with Crippen LogP contribution in [0.1, 0.15) is 10.4 Å². The fourth-order valence-electron chi connectivity index (χ4n) is 1.15. The smallest absolute Gasteiger partial charge is 0.251 e. The van der Waals surface area contributed by atoms with Crippen molar-refractivity contribution in [2.75, 3.05) is 25.1 Å². The van der Waals surface area contributed by atoms with Gasteiger partial charge in [0.15, 0.2) is 0 Å². The molecule has 0 heterocycles. The molecule has 0 bridgehead atoms. The second-order valence-corrected chi connectivity index (χ2v) is 5.38. The van der Waals surface area contributed by atoms with E-state index in [4.69, 9.17) is 5.73 Å². The molecule has 1 amide bonds. The normalized spacial score (nSPS) is 10.5. The minimum Gasteiger partial charge on any atom is -0.399 e. The van der Waals surface area contributed by atoms with Crippen molar-refractivity contribution in [1.82, 2.24) is 10.0 Å². The van der Waals surface area contributed by atoms with Crippen LogP contribution in [0.25, 0.3) is 0 Å². The molecule has 18 heavy (non-hydrogen) atoms. The summed E-state index contributed by atoms with van der Waals surface area (Å²) in [5.41, 5.74) is 6.56. The lowest BCUT2D eigenvalue weighted by molar-refractivity contribution is 0.0954. The quantitative estimate of drug-likeness (QED) is 0.524. The summed E-state index contributed by atoms with van der Waals surface area (Å²) in [6.45, 7) is 0.399. The molecule has 0 fully saturated rings. The summed E-state index contributed by atoms with van der Waals surface area (Å²) in [6.07, 6.45) is 1.06. The van der Waals surface area contributed by atoms with Gasteiger partial charge in [-0.1, -0.05) is 0 Å². The number of hydrogen-bond donors (Lipinski definition) is 3. The largest absolute Gasteiger partial charge is 0.399 e. The number of sulfonamides is 1. The molecule has 0 aromatic heterocycles. The van der Waals surface area contributed by atoms with Crippen LogP contribution in [0.3, 0.4) is 0 Å². The van der Waals surface area contributed by atoms with E-state index < -0.39 is 10.0 Å². The van der Waals surface area contributed by atoms with E-state index in [0.717, 1.165) is 6.26 Å². The van der Waals surface area contributed by atoms with E-state index in [1.54, 1.807) is 24.3 Å². The lowest BCUT2D eigenvalue weighted by Crippen LogP contribution is -2.34. The van der Waals surface area contributed by atoms with E-state index in [1.165, 1.54) is 0 Å². The second-order valence-electron chi connectivity index (χ2n) is 3.54. The number of hydrogen-bond acceptors (Lipinski definition) is 4. The van der Waals surface area contributed by atoms with Gasteiger partial charge in [0, 0.05) is 24.3 Å². The molecule has 0 aliphatic rings. The number of rotatable bonds is 5. The van der Waals surface area contributed by atoms with Gasteiger partial charge in [-0.15, -0.1) is 12.4 Å². The maximum atomic E-state index is 11.6. The predicted octanol–water partition coefficient (Wildman–Crippen LogP) is -0.0304. The van der Waals surface area contributed by atoms with Gasteiger partial charge in [0.25, 0.3) is 5.91 Å². The number of halogens is 1. The van der Waals surface area contributed by atoms with Crippen molar-refractivity contribution in [3.63, 3.8) is 0 Å². The van der Waals surface area contributed by atoms with Crippen molar-refractivity contribution >= 4 is 34.0 Å². The average molecular weight is 294 g/mol. The highest BCUT2D eigenvalue weighted by Crippen LogP contribution is 2.04. The van der Waals surface area contributed by atoms with E-state index in [1.807, 2.05) is 0 Å². The summed E-state index contributed by atoms with van der Waals surface area (Å²) in [4.78, 5) is 11.6. The molecular formula is C10H16ClN3O3S. The van der Waals surface area contributed by atoms with Gasteiger partial charge in [-0.3, -0.25) is 4.79 Å². The number of anilines is 1. The van der Waals surface area contributed by atoms with Crippen molar-refractivity contribution in [1.29, 1.82) is 0 Å². The third kappa shape index (κ3) is 6.43. The molecule has 0 saturated carbocycles. The van der Waals surface area contributed by atoms with Crippen LogP contribution in [0.5, 0.6) is 0 Å². The van der Waals surface area contributed by atoms with Gasteiger partial charge in [0.05, 0.1) is 6.26 Å². The zero-order valence-electron chi connectivity index (χ0n) is 9.84. The minimum absolute atomic E-state index is 0. The fraction of sp³-hybridized carbons (Fsp3) is 0.300. The van der Waals surface area contributed by atoms with Gasteiger partial charge in [0.2, 0.25) is 10.0 Å². The molecule has 1 aromatic rings. The Morgan fingerprint density at radius 1 is 1.22 bits per heavy atom. The van der Waals surface area contributed by atoms with Crippen molar-refractivity contribution in [2.45, 2.75) is 0 Å². The number of carbonyl (C=O) groups is 1. The third-order valence-electron chi connectivity index (χ3n) is 1.95. The maximum Gasteiger partial charge on any atom is 0.251 e. The second kappa shape index (κ2) is 7.20. The van der Waals surface area contributed by atoms with Gasteiger partial charge in [-0.2, -0.15) is 0 Å². The van der Waals surface area contributed by atoms with E-state index in [-0.39, 0.29) is 31.4 Å². The molecule has 0 saturated heterocycles. The topological polar surface area (TPSA) is 101 Å². The average Bonchev–Trinajstić information content (AvgIpc) is 2.24. The van der Waals surface area contributed by atoms with Crippen LogP contribution in [-0.4, -0.2) is 33.7 Å². The Morgan fingerprint density at radius 3 is 2.28 bits per heavy atom. The van der Waals surface area contributed by atoms with Gasteiger partial charge < -0.3 is 11.1 Å². The number of carbonyl (C=O) groups excluding carboxylic acids is 1. The molecule has 0 atom stereocenters. The van der Waals surface area contributed by atoms with Crippen molar-refractivity contribution in [3.8, 4) is 0 Å². The Labute approximate surface area is 112 Å². The summed E-state index contributed by atoms with van der Waals surface area (Å²) in [6, 6.07) is 6.47. The number of benzene rings is 1. The van der Waals surface area contributed by atoms with Gasteiger partial charge in [-0.25, -0.2) is 13.1 Å². The van der Waals surface area contributed by atoms with Gasteiger partial charge >= 0.3 is 0 Å². The van der Waals surface area contributed by atoms with Crippen LogP contribution in [0.2, 0.25) is 0 Å². The highest BCUT2D eigenvalue weighted by atomic mass is 35.5. The van der Waals surface area contributed by atoms with Crippen LogP contribution in [-0.2, 0) is 10.0 Å². The molecular weight excluding hydrogens is 278 g/mol. The summed E-state index contributed by atoms with van der Waals surface area (Å²) in [7, 11) is -3.21. The van der Waals surface area contributed by atoms with Crippen LogP contribution in [0, 0.1) is 0 Å². The molecule has 0 spiro atoms. The summed E-state index contributed by atoms with van der Waals surface area (Å²) in [5, 5.41) is 2.58. The number of amides is 1. The minimum atomic E-state index is -3.21. The van der Waals surface area contributed by atoms with Crippen LogP contribution in [0.15, 0.2) is 24.3 Å². The van der Waals surface area contributed by atoms with Crippen LogP contribution >= 0.6 is 12.4 Å². The molecule has 1 aromatic carbocycles. The molecule has 4 N–H and O–H groups in total. The molecule has 0 aliphatic heterocycles. The highest BCUT2D eigenvalue weighted by molar-refractivity contribution is 7.88. The predicted molar refractivity (Wildman–Crippen MR) is 73.3 cm³/mol. The van der Waals surface area contributed by atoms with Crippen molar-refractivity contribution in [2.24, 2.45) is 0 Å². The van der Waals surface area contributed by atoms with Crippen molar-refractivity contribution < 1.29 is 13.2 Å². The molecule has 6 nitrogen and oxygen atoms in total. The Bertz CT molecular complexity index is 488. The number of nitrogens with two attached hydrogens (primary N) is 1. The first-order chi connectivity index (χ1) is 7.88. The molecule has 1 rings (SSSR count). The molecule has 8 heteroatoms. The molecule has 0 radical (unpaired) electrons. The third-order valence-corrected chi connectivity index (χ3v) is 2.68. The fourth-order valence-corrected chi connectivity index (χ4v) is 1.62. The first-order valence-corrected chi connectivity index (χ1v) is 6.86. The van der Waals surface area contributed by atoms with E-state index in [9.17, 15) is 13.2 Å². The first-order valence-electron chi connectivity index (χ1n) is 4.97. The van der Waals surface area contributed by atoms with Crippen LogP contribution in [0.4, 0.5) is 5.69 Å². The standard InChI is InChI=1S/C10H15N3O3S.ClH/c1-17(15,16)13-7-6-12-10(14)8-2-4-9(11)5-3-8;/h2-5,13H,6-7,11H2,1H3,(H,12,14);1H. The zero-order valence-corrected chi connectivity index (χ0v) is 11.5. The van der Waals surface area contributed by atoms with Crippen LogP contribution < -0.4 is 15.8 Å². The SMILES string of the molecule is CS(=O)(=O)NCCNC(=O)c1ccc(N)cc1.Cl. The number of nitrogen functional groups attached to an aromatic ring is 1. The highest BCUT2D eigenvalue weighted by Gasteiger charge is 2.04. The Kier molecular flexibility index (Phi) is 6.67. The van der Waals surface area contributed by atoms with Gasteiger partial charge in [-0.05, 0) is 24.3 Å². The molecule has 0 aliphatic carbocycles. The maximum absolute atomic E-state index is 11.6. The number of nitrogens with one attached hydrogen (secondary N) is 2. The molecule has 0 unspecified atom stereocenters. The van der Waals surface area contributed by atoms with Gasteiger partial charge in [0.1, 0.15) is 0 Å². The van der Waals surface area contributed by atoms with E-state index in [0.29, 0.717) is 11.3 Å². The lowest BCUT2D eigenvalue weighted by atomic mass is 10.2. The first kappa shape index (κ1) is 16.7. The Hall–Kier alpha value is -1.31. The Morgan fingerprint density at radius 2 is 1.78 bits per heavy atom. The molecule has 102 valence electrons. The van der Waals surface area contributed by atoms with E-state index >= 15 is 0 Å². The van der Waals surface area contributed by atoms with E-state index in [2.05, 4.69) is 10.0 Å². The van der Waals surface area contributed by atoms with Crippen molar-refractivity contribution in [3.05, 3.63) is 29.8 Å². The lowest BCUT2D eigenvalue weighted by Gasteiger charge is -2.05. The summed E-state index contributed by atoms with van der Waals surface area (Å²) in [5.74, 6) is -0.264. The summed E-state index contributed by atoms with van der Waals surface area (Å²) >= 11 is 0. The monoisotopic (exact) mass is 293 g/mol. The Balaban J connectivity index is 0.00000289. The summed E-state index contributed by atoms with van der Waals surface area (Å²) < 4.78 is 23.8.